The number of para-hydroxylation sites is 1. The summed E-state index contributed by atoms with van der Waals surface area (Å²) in [6.45, 7) is 0.907. The number of carbonyl (C=O) groups excluding carboxylic acids is 1. The summed E-state index contributed by atoms with van der Waals surface area (Å²) in [5.41, 5.74) is 0.591. The van der Waals surface area contributed by atoms with Gasteiger partial charge in [0.15, 0.2) is 5.78 Å². The first kappa shape index (κ1) is 14.4. The molecule has 0 radical (unpaired) electrons. The molecule has 0 heterocycles. The van der Waals surface area contributed by atoms with Crippen molar-refractivity contribution in [3.63, 3.8) is 0 Å². The zero-order valence-electron chi connectivity index (χ0n) is 10.9. The smallest absolute Gasteiger partial charge is 0.177 e. The molecule has 0 bridgehead atoms. The number of carbonyl (C=O) groups is 1. The molecule has 2 rings (SSSR count). The lowest BCUT2D eigenvalue weighted by Gasteiger charge is -2.08. The summed E-state index contributed by atoms with van der Waals surface area (Å²) in [6.07, 6.45) is 0. The van der Waals surface area contributed by atoms with Gasteiger partial charge in [0.05, 0.1) is 5.88 Å². The van der Waals surface area contributed by atoms with Crippen molar-refractivity contribution in [3.05, 3.63) is 60.2 Å². The maximum Gasteiger partial charge on any atom is 0.177 e. The van der Waals surface area contributed by atoms with E-state index >= 15 is 0 Å². The van der Waals surface area contributed by atoms with Gasteiger partial charge in [-0.05, 0) is 36.4 Å². The minimum Gasteiger partial charge on any atom is -0.490 e. The fourth-order valence-corrected chi connectivity index (χ4v) is 1.80. The predicted octanol–water partition coefficient (Wildman–Crippen LogP) is 3.57. The number of ether oxygens (including phenoxy) is 2. The molecule has 0 spiro atoms. The van der Waals surface area contributed by atoms with Crippen molar-refractivity contribution < 1.29 is 14.3 Å². The molecule has 0 aliphatic rings. The quantitative estimate of drug-likeness (QED) is 0.444. The van der Waals surface area contributed by atoms with Crippen LogP contribution in [0.1, 0.15) is 10.4 Å². The Balaban J connectivity index is 1.75. The lowest BCUT2D eigenvalue weighted by molar-refractivity contribution is 0.102. The van der Waals surface area contributed by atoms with Crippen LogP contribution >= 0.6 is 11.6 Å². The molecule has 0 aliphatic carbocycles. The largest absolute Gasteiger partial charge is 0.490 e. The van der Waals surface area contributed by atoms with Crippen molar-refractivity contribution in [2.24, 2.45) is 0 Å². The number of hydrogen-bond donors (Lipinski definition) is 0. The molecule has 4 heteroatoms. The topological polar surface area (TPSA) is 35.5 Å². The molecular weight excluding hydrogens is 276 g/mol. The highest BCUT2D eigenvalue weighted by Crippen LogP contribution is 2.13. The molecular formula is C16H15ClO3. The van der Waals surface area contributed by atoms with E-state index in [0.29, 0.717) is 24.5 Å². The summed E-state index contributed by atoms with van der Waals surface area (Å²) in [5, 5.41) is 0. The van der Waals surface area contributed by atoms with Crippen LogP contribution in [-0.4, -0.2) is 24.9 Å². The first-order valence-corrected chi connectivity index (χ1v) is 6.83. The first-order chi connectivity index (χ1) is 9.79. The van der Waals surface area contributed by atoms with Gasteiger partial charge in [0, 0.05) is 5.56 Å². The second-order valence-electron chi connectivity index (χ2n) is 4.09. The third-order valence-electron chi connectivity index (χ3n) is 2.66. The summed E-state index contributed by atoms with van der Waals surface area (Å²) >= 11 is 5.49. The van der Waals surface area contributed by atoms with E-state index in [1.165, 1.54) is 0 Å². The van der Waals surface area contributed by atoms with Crippen LogP contribution in [0.25, 0.3) is 0 Å². The van der Waals surface area contributed by atoms with Crippen LogP contribution in [0.2, 0.25) is 0 Å². The van der Waals surface area contributed by atoms with E-state index in [-0.39, 0.29) is 11.7 Å². The average Bonchev–Trinajstić information content (AvgIpc) is 2.52. The fraction of sp³-hybridized carbons (Fsp3) is 0.188. The summed E-state index contributed by atoms with van der Waals surface area (Å²) < 4.78 is 11.0. The minimum atomic E-state index is -0.0920. The first-order valence-electron chi connectivity index (χ1n) is 6.29. The van der Waals surface area contributed by atoms with Gasteiger partial charge in [0.25, 0.3) is 0 Å². The Hall–Kier alpha value is -2.00. The number of ketones is 1. The molecule has 0 fully saturated rings. The Morgan fingerprint density at radius 1 is 0.850 bits per heavy atom. The molecule has 0 atom stereocenters. The van der Waals surface area contributed by atoms with Gasteiger partial charge in [-0.3, -0.25) is 4.79 Å². The Kier molecular flexibility index (Phi) is 5.44. The Bertz CT molecular complexity index is 537. The summed E-state index contributed by atoms with van der Waals surface area (Å²) in [6, 6.07) is 16.5. The minimum absolute atomic E-state index is 0.00881. The number of Topliss-reactive ketones (excluding diaryl/α,β-unsaturated/α-hetero) is 1. The number of hydrogen-bond acceptors (Lipinski definition) is 3. The number of benzene rings is 2. The average molecular weight is 291 g/mol. The molecule has 104 valence electrons. The molecule has 0 aromatic heterocycles. The second kappa shape index (κ2) is 7.56. The van der Waals surface area contributed by atoms with Crippen molar-refractivity contribution in [2.75, 3.05) is 19.1 Å². The SMILES string of the molecule is O=C(CCl)c1ccc(OCCOc2ccccc2)cc1. The molecule has 0 saturated carbocycles. The molecule has 20 heavy (non-hydrogen) atoms. The van der Waals surface area contributed by atoms with E-state index in [0.717, 1.165) is 5.75 Å². The number of rotatable bonds is 7. The predicted molar refractivity (Wildman–Crippen MR) is 78.9 cm³/mol. The lowest BCUT2D eigenvalue weighted by atomic mass is 10.1. The van der Waals surface area contributed by atoms with E-state index < -0.39 is 0 Å². The molecule has 2 aromatic carbocycles. The van der Waals surface area contributed by atoms with Gasteiger partial charge < -0.3 is 9.47 Å². The Labute approximate surface area is 123 Å². The van der Waals surface area contributed by atoms with Crippen molar-refractivity contribution in [1.29, 1.82) is 0 Å². The van der Waals surface area contributed by atoms with E-state index in [9.17, 15) is 4.79 Å². The van der Waals surface area contributed by atoms with Crippen LogP contribution in [0.4, 0.5) is 0 Å². The van der Waals surface area contributed by atoms with Gasteiger partial charge in [0.2, 0.25) is 0 Å². The van der Waals surface area contributed by atoms with Crippen LogP contribution < -0.4 is 9.47 Å². The van der Waals surface area contributed by atoms with Crippen LogP contribution in [-0.2, 0) is 0 Å². The number of alkyl halides is 1. The van der Waals surface area contributed by atoms with E-state index in [4.69, 9.17) is 21.1 Å². The van der Waals surface area contributed by atoms with E-state index in [2.05, 4.69) is 0 Å². The molecule has 0 saturated heterocycles. The third-order valence-corrected chi connectivity index (χ3v) is 2.90. The fourth-order valence-electron chi connectivity index (χ4n) is 1.65. The number of halogens is 1. The van der Waals surface area contributed by atoms with Crippen molar-refractivity contribution in [3.8, 4) is 11.5 Å². The van der Waals surface area contributed by atoms with Crippen molar-refractivity contribution in [1.82, 2.24) is 0 Å². The van der Waals surface area contributed by atoms with E-state index in [1.54, 1.807) is 24.3 Å². The summed E-state index contributed by atoms with van der Waals surface area (Å²) in [5.74, 6) is 1.42. The standard InChI is InChI=1S/C16H15ClO3/c17-12-16(18)13-6-8-15(9-7-13)20-11-10-19-14-4-2-1-3-5-14/h1-9H,10-12H2. The van der Waals surface area contributed by atoms with Crippen molar-refractivity contribution >= 4 is 17.4 Å². The van der Waals surface area contributed by atoms with Crippen LogP contribution in [0, 0.1) is 0 Å². The third kappa shape index (κ3) is 4.28. The summed E-state index contributed by atoms with van der Waals surface area (Å²) in [7, 11) is 0. The van der Waals surface area contributed by atoms with Gasteiger partial charge in [-0.25, -0.2) is 0 Å². The Morgan fingerprint density at radius 2 is 1.40 bits per heavy atom. The van der Waals surface area contributed by atoms with Gasteiger partial charge in [-0.15, -0.1) is 11.6 Å². The molecule has 0 aliphatic heterocycles. The zero-order valence-corrected chi connectivity index (χ0v) is 11.7. The zero-order chi connectivity index (χ0) is 14.2. The summed E-state index contributed by atoms with van der Waals surface area (Å²) in [4.78, 5) is 11.3. The second-order valence-corrected chi connectivity index (χ2v) is 4.36. The van der Waals surface area contributed by atoms with Crippen molar-refractivity contribution in [2.45, 2.75) is 0 Å². The van der Waals surface area contributed by atoms with Crippen LogP contribution in [0.15, 0.2) is 54.6 Å². The molecule has 2 aromatic rings. The van der Waals surface area contributed by atoms with Gasteiger partial charge in [-0.2, -0.15) is 0 Å². The monoisotopic (exact) mass is 290 g/mol. The highest BCUT2D eigenvalue weighted by Gasteiger charge is 2.03. The molecule has 0 amide bonds. The molecule has 3 nitrogen and oxygen atoms in total. The van der Waals surface area contributed by atoms with E-state index in [1.807, 2.05) is 30.3 Å². The van der Waals surface area contributed by atoms with Crippen LogP contribution in [0.3, 0.4) is 0 Å². The molecule has 0 unspecified atom stereocenters. The van der Waals surface area contributed by atoms with Gasteiger partial charge in [0.1, 0.15) is 24.7 Å². The van der Waals surface area contributed by atoms with Gasteiger partial charge >= 0.3 is 0 Å². The molecule has 0 N–H and O–H groups in total. The van der Waals surface area contributed by atoms with Gasteiger partial charge in [-0.1, -0.05) is 18.2 Å². The lowest BCUT2D eigenvalue weighted by Crippen LogP contribution is -2.09. The highest BCUT2D eigenvalue weighted by atomic mass is 35.5. The van der Waals surface area contributed by atoms with Crippen LogP contribution in [0.5, 0.6) is 11.5 Å². The normalized spacial score (nSPS) is 10.1. The Morgan fingerprint density at radius 3 is 1.95 bits per heavy atom. The highest BCUT2D eigenvalue weighted by molar-refractivity contribution is 6.30. The maximum atomic E-state index is 11.3. The maximum absolute atomic E-state index is 11.3.